The Morgan fingerprint density at radius 3 is 2.36 bits per heavy atom. The van der Waals surface area contributed by atoms with E-state index in [0.29, 0.717) is 5.69 Å². The zero-order chi connectivity index (χ0) is 20.9. The van der Waals surface area contributed by atoms with Crippen molar-refractivity contribution in [3.8, 4) is 5.75 Å². The van der Waals surface area contributed by atoms with Crippen molar-refractivity contribution in [2.75, 3.05) is 5.32 Å². The van der Waals surface area contributed by atoms with E-state index in [2.05, 4.69) is 31.1 Å². The molecule has 2 aliphatic heterocycles. The van der Waals surface area contributed by atoms with E-state index in [-0.39, 0.29) is 33.7 Å². The number of aromatic hydroxyl groups is 1. The summed E-state index contributed by atoms with van der Waals surface area (Å²) in [6.45, 7) is 12.3. The molecule has 3 rings (SSSR count). The highest BCUT2D eigenvalue weighted by Crippen LogP contribution is 2.40. The topological polar surface area (TPSA) is 78.8 Å². The Hall–Kier alpha value is -2.08. The van der Waals surface area contributed by atoms with Gasteiger partial charge in [-0.1, -0.05) is 47.6 Å². The van der Waals surface area contributed by atoms with Crippen molar-refractivity contribution in [2.45, 2.75) is 63.7 Å². The van der Waals surface area contributed by atoms with Crippen LogP contribution in [0.5, 0.6) is 5.75 Å². The molecular weight excluding hydrogens is 372 g/mol. The fourth-order valence-electron chi connectivity index (χ4n) is 3.51. The maximum atomic E-state index is 12.9. The van der Waals surface area contributed by atoms with E-state index in [1.807, 2.05) is 38.3 Å². The molecule has 2 aliphatic rings. The second-order valence-corrected chi connectivity index (χ2v) is 10.5. The number of carbonyl (C=O) groups is 2. The first-order valence-electron chi connectivity index (χ1n) is 9.47. The minimum absolute atomic E-state index is 0.125. The number of nitrogens with zero attached hydrogens (tertiary/aromatic N) is 1. The lowest BCUT2D eigenvalue weighted by atomic mass is 9.79. The molecule has 1 amide bonds. The summed E-state index contributed by atoms with van der Waals surface area (Å²) in [6, 6.07) is 3.38. The lowest BCUT2D eigenvalue weighted by Crippen LogP contribution is -2.43. The van der Waals surface area contributed by atoms with Crippen LogP contribution in [-0.4, -0.2) is 34.3 Å². The molecule has 0 saturated heterocycles. The number of carbonyl (C=O) groups excluding carboxylic acids is 2. The number of phenols is 1. The molecule has 2 heterocycles. The van der Waals surface area contributed by atoms with Gasteiger partial charge in [-0.25, -0.2) is 0 Å². The first-order valence-corrected chi connectivity index (χ1v) is 10.4. The number of Topliss-reactive ketones (excluding diaryl/α,β-unsaturated/α-hetero) is 1. The number of hydrogen-bond acceptors (Lipinski definition) is 5. The van der Waals surface area contributed by atoms with Crippen molar-refractivity contribution in [2.24, 2.45) is 10.9 Å². The fourth-order valence-corrected chi connectivity index (χ4v) is 4.54. The molecule has 0 aliphatic carbocycles. The predicted molar refractivity (Wildman–Crippen MR) is 115 cm³/mol. The first kappa shape index (κ1) is 20.6. The molecule has 2 N–H and O–H groups in total. The van der Waals surface area contributed by atoms with Gasteiger partial charge in [0.2, 0.25) is 5.91 Å². The van der Waals surface area contributed by atoms with Gasteiger partial charge in [0.1, 0.15) is 11.7 Å². The van der Waals surface area contributed by atoms with E-state index in [1.165, 1.54) is 18.0 Å². The average Bonchev–Trinajstić information content (AvgIpc) is 3.02. The van der Waals surface area contributed by atoms with Gasteiger partial charge in [0.15, 0.2) is 5.78 Å². The Morgan fingerprint density at radius 1 is 1.11 bits per heavy atom. The summed E-state index contributed by atoms with van der Waals surface area (Å²) in [5, 5.41) is 15.0. The minimum atomic E-state index is -0.911. The van der Waals surface area contributed by atoms with E-state index in [1.54, 1.807) is 6.07 Å². The summed E-state index contributed by atoms with van der Waals surface area (Å²) in [5.74, 6) is -1.31. The SMILES string of the molecule is CC(C)(C)c1cc(C(C)(C)C)c(NC(=O)C2C=NC3C=CSC3C2=O)cc1O. The van der Waals surface area contributed by atoms with Gasteiger partial charge in [0.05, 0.1) is 11.3 Å². The number of aliphatic imine (C=N–C) groups is 1. The van der Waals surface area contributed by atoms with Gasteiger partial charge in [0.25, 0.3) is 0 Å². The summed E-state index contributed by atoms with van der Waals surface area (Å²) in [5.41, 5.74) is 1.78. The molecular formula is C22H28N2O3S. The van der Waals surface area contributed by atoms with Gasteiger partial charge in [-0.15, -0.1) is 11.8 Å². The number of ketones is 1. The van der Waals surface area contributed by atoms with Crippen LogP contribution in [0.4, 0.5) is 5.69 Å². The van der Waals surface area contributed by atoms with Crippen LogP contribution < -0.4 is 5.32 Å². The van der Waals surface area contributed by atoms with Gasteiger partial charge in [0, 0.05) is 18.0 Å². The van der Waals surface area contributed by atoms with E-state index < -0.39 is 11.8 Å². The molecule has 28 heavy (non-hydrogen) atoms. The van der Waals surface area contributed by atoms with E-state index in [9.17, 15) is 14.7 Å². The van der Waals surface area contributed by atoms with Crippen LogP contribution in [-0.2, 0) is 20.4 Å². The Labute approximate surface area is 170 Å². The van der Waals surface area contributed by atoms with Crippen LogP contribution in [0.15, 0.2) is 28.6 Å². The number of amides is 1. The van der Waals surface area contributed by atoms with Crippen molar-refractivity contribution in [1.82, 2.24) is 0 Å². The fraction of sp³-hybridized carbons (Fsp3) is 0.500. The van der Waals surface area contributed by atoms with Crippen molar-refractivity contribution < 1.29 is 14.7 Å². The number of nitrogens with one attached hydrogen (secondary N) is 1. The van der Waals surface area contributed by atoms with Crippen LogP contribution in [0.25, 0.3) is 0 Å². The highest BCUT2D eigenvalue weighted by Gasteiger charge is 2.40. The third-order valence-corrected chi connectivity index (χ3v) is 6.22. The Balaban J connectivity index is 1.93. The largest absolute Gasteiger partial charge is 0.508 e. The number of benzene rings is 1. The molecule has 0 bridgehead atoms. The molecule has 1 aromatic rings. The summed E-state index contributed by atoms with van der Waals surface area (Å²) in [7, 11) is 0. The third-order valence-electron chi connectivity index (χ3n) is 5.10. The van der Waals surface area contributed by atoms with Gasteiger partial charge in [-0.3, -0.25) is 14.6 Å². The number of hydrogen-bond donors (Lipinski definition) is 2. The van der Waals surface area contributed by atoms with E-state index in [4.69, 9.17) is 0 Å². The van der Waals surface area contributed by atoms with Gasteiger partial charge in [-0.2, -0.15) is 0 Å². The van der Waals surface area contributed by atoms with Gasteiger partial charge >= 0.3 is 0 Å². The number of fused-ring (bicyclic) bond motifs is 1. The molecule has 6 heteroatoms. The molecule has 0 saturated carbocycles. The highest BCUT2D eigenvalue weighted by molar-refractivity contribution is 8.03. The lowest BCUT2D eigenvalue weighted by Gasteiger charge is -2.29. The first-order chi connectivity index (χ1) is 12.9. The van der Waals surface area contributed by atoms with Crippen LogP contribution in [0, 0.1) is 5.92 Å². The summed E-state index contributed by atoms with van der Waals surface area (Å²) in [6.07, 6.45) is 3.34. The zero-order valence-electron chi connectivity index (χ0n) is 17.2. The number of anilines is 1. The lowest BCUT2D eigenvalue weighted by molar-refractivity contribution is -0.128. The Kier molecular flexibility index (Phi) is 5.21. The molecule has 3 unspecified atom stereocenters. The highest BCUT2D eigenvalue weighted by atomic mass is 32.2. The van der Waals surface area contributed by atoms with E-state index in [0.717, 1.165) is 11.1 Å². The van der Waals surface area contributed by atoms with Crippen molar-refractivity contribution in [3.05, 3.63) is 34.7 Å². The second kappa shape index (κ2) is 7.07. The van der Waals surface area contributed by atoms with Crippen LogP contribution >= 0.6 is 11.8 Å². The zero-order valence-corrected chi connectivity index (χ0v) is 18.1. The molecule has 1 aromatic carbocycles. The Morgan fingerprint density at radius 2 is 1.75 bits per heavy atom. The number of rotatable bonds is 2. The van der Waals surface area contributed by atoms with E-state index >= 15 is 0 Å². The molecule has 0 aromatic heterocycles. The molecule has 5 nitrogen and oxygen atoms in total. The predicted octanol–water partition coefficient (Wildman–Crippen LogP) is 4.19. The third kappa shape index (κ3) is 3.88. The summed E-state index contributed by atoms with van der Waals surface area (Å²) >= 11 is 1.41. The second-order valence-electron chi connectivity index (χ2n) is 9.46. The minimum Gasteiger partial charge on any atom is -0.508 e. The van der Waals surface area contributed by atoms with Crippen LogP contribution in [0.1, 0.15) is 52.7 Å². The van der Waals surface area contributed by atoms with Crippen molar-refractivity contribution >= 4 is 35.4 Å². The quantitative estimate of drug-likeness (QED) is 0.730. The normalized spacial score (nSPS) is 24.4. The number of thioether (sulfide) groups is 1. The van der Waals surface area contributed by atoms with Crippen molar-refractivity contribution in [1.29, 1.82) is 0 Å². The average molecular weight is 401 g/mol. The standard InChI is InChI=1S/C22H28N2O3S/c1-21(2,3)13-9-14(22(4,5)6)17(25)10-16(13)24-20(27)12-11-23-15-7-8-28-19(15)18(12)26/h7-12,15,19,25H,1-6H3,(H,24,27). The molecule has 0 radical (unpaired) electrons. The van der Waals surface area contributed by atoms with Gasteiger partial charge in [-0.05, 0) is 33.4 Å². The van der Waals surface area contributed by atoms with Crippen LogP contribution in [0.2, 0.25) is 0 Å². The maximum Gasteiger partial charge on any atom is 0.240 e. The number of phenolic OH excluding ortho intramolecular Hbond substituents is 1. The Bertz CT molecular complexity index is 875. The smallest absolute Gasteiger partial charge is 0.240 e. The summed E-state index contributed by atoms with van der Waals surface area (Å²) < 4.78 is 0. The maximum absolute atomic E-state index is 12.9. The molecule has 150 valence electrons. The molecule has 0 fully saturated rings. The summed E-state index contributed by atoms with van der Waals surface area (Å²) in [4.78, 5) is 30.0. The van der Waals surface area contributed by atoms with Crippen LogP contribution in [0.3, 0.4) is 0 Å². The molecule has 0 spiro atoms. The molecule has 3 atom stereocenters. The van der Waals surface area contributed by atoms with Gasteiger partial charge < -0.3 is 10.4 Å². The van der Waals surface area contributed by atoms with Crippen molar-refractivity contribution in [3.63, 3.8) is 0 Å². The monoisotopic (exact) mass is 400 g/mol.